The van der Waals surface area contributed by atoms with Crippen LogP contribution in [0.3, 0.4) is 0 Å². The second-order valence-corrected chi connectivity index (χ2v) is 5.39. The Labute approximate surface area is 148 Å². The summed E-state index contributed by atoms with van der Waals surface area (Å²) in [5, 5.41) is 16.2. The number of benzene rings is 2. The topological polar surface area (TPSA) is 75.1 Å². The largest absolute Gasteiger partial charge is 0.508 e. The van der Waals surface area contributed by atoms with Crippen molar-refractivity contribution in [1.82, 2.24) is 10.6 Å². The highest BCUT2D eigenvalue weighted by atomic mass is 16.5. The molecule has 0 spiro atoms. The Bertz CT molecular complexity index is 675. The Morgan fingerprint density at radius 1 is 1.12 bits per heavy atom. The van der Waals surface area contributed by atoms with Crippen LogP contribution in [0.2, 0.25) is 0 Å². The van der Waals surface area contributed by atoms with Crippen molar-refractivity contribution in [1.29, 1.82) is 0 Å². The fourth-order valence-corrected chi connectivity index (χ4v) is 2.24. The number of nitrogens with zero attached hydrogens (tertiary/aromatic N) is 1. The maximum Gasteiger partial charge on any atom is 0.191 e. The first kappa shape index (κ1) is 18.6. The number of phenolic OH excluding ortho intramolecular Hbond substituents is 1. The summed E-state index contributed by atoms with van der Waals surface area (Å²) in [5.41, 5.74) is 1.89. The van der Waals surface area contributed by atoms with E-state index in [0.717, 1.165) is 11.1 Å². The molecule has 0 saturated carbocycles. The average Bonchev–Trinajstić information content (AvgIpc) is 2.66. The van der Waals surface area contributed by atoms with Gasteiger partial charge < -0.3 is 25.2 Å². The van der Waals surface area contributed by atoms with E-state index in [1.807, 2.05) is 30.3 Å². The molecule has 2 rings (SSSR count). The van der Waals surface area contributed by atoms with Gasteiger partial charge in [0, 0.05) is 25.7 Å². The van der Waals surface area contributed by atoms with Gasteiger partial charge in [0.05, 0.1) is 20.3 Å². The minimum atomic E-state index is 0.218. The number of aliphatic imine (C=N–C) groups is 1. The van der Waals surface area contributed by atoms with Crippen molar-refractivity contribution in [3.63, 3.8) is 0 Å². The molecule has 6 nitrogen and oxygen atoms in total. The van der Waals surface area contributed by atoms with Crippen LogP contribution >= 0.6 is 0 Å². The van der Waals surface area contributed by atoms with E-state index in [1.54, 1.807) is 32.4 Å². The van der Waals surface area contributed by atoms with E-state index >= 15 is 0 Å². The molecule has 0 aromatic heterocycles. The van der Waals surface area contributed by atoms with E-state index in [2.05, 4.69) is 15.6 Å². The monoisotopic (exact) mass is 343 g/mol. The second-order valence-electron chi connectivity index (χ2n) is 5.39. The molecule has 134 valence electrons. The van der Waals surface area contributed by atoms with Gasteiger partial charge in [-0.2, -0.15) is 0 Å². The van der Waals surface area contributed by atoms with Gasteiger partial charge in [-0.05, 0) is 23.8 Å². The number of methoxy groups -OCH3 is 1. The molecule has 0 fully saturated rings. The molecule has 2 aromatic rings. The van der Waals surface area contributed by atoms with E-state index < -0.39 is 0 Å². The number of hydrogen-bond acceptors (Lipinski definition) is 4. The molecule has 0 amide bonds. The number of rotatable bonds is 8. The quantitative estimate of drug-likeness (QED) is 0.389. The summed E-state index contributed by atoms with van der Waals surface area (Å²) in [6.45, 7) is 2.23. The first-order valence-electron chi connectivity index (χ1n) is 8.15. The molecule has 3 N–H and O–H groups in total. The molecule has 0 aliphatic carbocycles. The van der Waals surface area contributed by atoms with Crippen LogP contribution in [0, 0.1) is 0 Å². The van der Waals surface area contributed by atoms with Crippen LogP contribution in [0.15, 0.2) is 53.5 Å². The van der Waals surface area contributed by atoms with Crippen molar-refractivity contribution in [2.45, 2.75) is 13.2 Å². The van der Waals surface area contributed by atoms with Gasteiger partial charge in [-0.15, -0.1) is 0 Å². The summed E-state index contributed by atoms with van der Waals surface area (Å²) in [5.74, 6) is 1.56. The van der Waals surface area contributed by atoms with Crippen LogP contribution in [0.5, 0.6) is 11.5 Å². The Morgan fingerprint density at radius 2 is 1.92 bits per heavy atom. The average molecular weight is 343 g/mol. The number of guanidine groups is 1. The highest BCUT2D eigenvalue weighted by molar-refractivity contribution is 5.79. The van der Waals surface area contributed by atoms with Crippen molar-refractivity contribution < 1.29 is 14.6 Å². The molecule has 25 heavy (non-hydrogen) atoms. The normalized spacial score (nSPS) is 11.2. The fraction of sp³-hybridized carbons (Fsp3) is 0.316. The zero-order valence-corrected chi connectivity index (χ0v) is 14.7. The van der Waals surface area contributed by atoms with Crippen LogP contribution in [0.4, 0.5) is 0 Å². The third-order valence-electron chi connectivity index (χ3n) is 3.61. The standard InChI is InChI=1S/C19H25N3O3/c1-20-19(21-10-11-25-14-15-6-4-3-5-7-15)22-13-16-12-17(24-2)8-9-18(16)23/h3-9,12,23H,10-11,13-14H2,1-2H3,(H2,20,21,22). The van der Waals surface area contributed by atoms with Crippen LogP contribution in [0.25, 0.3) is 0 Å². The van der Waals surface area contributed by atoms with Crippen molar-refractivity contribution >= 4 is 5.96 Å². The van der Waals surface area contributed by atoms with Crippen LogP contribution < -0.4 is 15.4 Å². The summed E-state index contributed by atoms with van der Waals surface area (Å²) in [7, 11) is 3.30. The lowest BCUT2D eigenvalue weighted by Crippen LogP contribution is -2.38. The second kappa shape index (κ2) is 10.2. The van der Waals surface area contributed by atoms with Gasteiger partial charge in [-0.1, -0.05) is 30.3 Å². The highest BCUT2D eigenvalue weighted by Gasteiger charge is 2.05. The van der Waals surface area contributed by atoms with E-state index in [4.69, 9.17) is 9.47 Å². The summed E-state index contributed by atoms with van der Waals surface area (Å²) in [4.78, 5) is 4.16. The van der Waals surface area contributed by atoms with Crippen molar-refractivity contribution in [2.75, 3.05) is 27.3 Å². The van der Waals surface area contributed by atoms with Gasteiger partial charge in [0.2, 0.25) is 0 Å². The molecule has 0 atom stereocenters. The highest BCUT2D eigenvalue weighted by Crippen LogP contribution is 2.22. The molecule has 0 radical (unpaired) electrons. The molecule has 0 aliphatic heterocycles. The lowest BCUT2D eigenvalue weighted by atomic mass is 10.2. The minimum Gasteiger partial charge on any atom is -0.508 e. The number of phenols is 1. The van der Waals surface area contributed by atoms with Gasteiger partial charge >= 0.3 is 0 Å². The van der Waals surface area contributed by atoms with Gasteiger partial charge in [-0.25, -0.2) is 0 Å². The van der Waals surface area contributed by atoms with Gasteiger partial charge in [0.15, 0.2) is 5.96 Å². The molecule has 2 aromatic carbocycles. The summed E-state index contributed by atoms with van der Waals surface area (Å²) in [6.07, 6.45) is 0. The number of aromatic hydroxyl groups is 1. The Hall–Kier alpha value is -2.73. The maximum absolute atomic E-state index is 9.89. The van der Waals surface area contributed by atoms with E-state index in [-0.39, 0.29) is 5.75 Å². The molecule has 0 heterocycles. The minimum absolute atomic E-state index is 0.218. The van der Waals surface area contributed by atoms with Crippen LogP contribution in [-0.2, 0) is 17.9 Å². The molecule has 0 saturated heterocycles. The van der Waals surface area contributed by atoms with Gasteiger partial charge in [-0.3, -0.25) is 4.99 Å². The first-order valence-corrected chi connectivity index (χ1v) is 8.15. The zero-order chi connectivity index (χ0) is 17.9. The molecule has 6 heteroatoms. The number of ether oxygens (including phenoxy) is 2. The first-order chi connectivity index (χ1) is 12.2. The third kappa shape index (κ3) is 6.35. The van der Waals surface area contributed by atoms with E-state index in [9.17, 15) is 5.11 Å². The van der Waals surface area contributed by atoms with Gasteiger partial charge in [0.1, 0.15) is 11.5 Å². The SMILES string of the molecule is CN=C(NCCOCc1ccccc1)NCc1cc(OC)ccc1O. The van der Waals surface area contributed by atoms with Crippen molar-refractivity contribution in [3.05, 3.63) is 59.7 Å². The molecule has 0 unspecified atom stereocenters. The summed E-state index contributed by atoms with van der Waals surface area (Å²) in [6, 6.07) is 15.2. The van der Waals surface area contributed by atoms with E-state index in [0.29, 0.717) is 38.0 Å². The Morgan fingerprint density at radius 3 is 2.64 bits per heavy atom. The molecule has 0 aliphatic rings. The maximum atomic E-state index is 9.89. The van der Waals surface area contributed by atoms with Gasteiger partial charge in [0.25, 0.3) is 0 Å². The Balaban J connectivity index is 1.70. The fourth-order valence-electron chi connectivity index (χ4n) is 2.24. The van der Waals surface area contributed by atoms with Crippen molar-refractivity contribution in [2.24, 2.45) is 4.99 Å². The Kier molecular flexibility index (Phi) is 7.59. The zero-order valence-electron chi connectivity index (χ0n) is 14.7. The molecular weight excluding hydrogens is 318 g/mol. The number of nitrogens with one attached hydrogen (secondary N) is 2. The summed E-state index contributed by atoms with van der Waals surface area (Å²) >= 11 is 0. The predicted octanol–water partition coefficient (Wildman–Crippen LogP) is 2.28. The van der Waals surface area contributed by atoms with E-state index in [1.165, 1.54) is 0 Å². The molecule has 0 bridgehead atoms. The lowest BCUT2D eigenvalue weighted by Gasteiger charge is -2.13. The smallest absolute Gasteiger partial charge is 0.191 e. The summed E-state index contributed by atoms with van der Waals surface area (Å²) < 4.78 is 10.8. The third-order valence-corrected chi connectivity index (χ3v) is 3.61. The number of hydrogen-bond donors (Lipinski definition) is 3. The van der Waals surface area contributed by atoms with Crippen LogP contribution in [0.1, 0.15) is 11.1 Å². The van der Waals surface area contributed by atoms with Crippen molar-refractivity contribution in [3.8, 4) is 11.5 Å². The molecular formula is C19H25N3O3. The predicted molar refractivity (Wildman–Crippen MR) is 99.0 cm³/mol. The lowest BCUT2D eigenvalue weighted by molar-refractivity contribution is 0.125. The van der Waals surface area contributed by atoms with Crippen LogP contribution in [-0.4, -0.2) is 38.4 Å².